The first-order valence-corrected chi connectivity index (χ1v) is 9.66. The number of ether oxygens (including phenoxy) is 1. The monoisotopic (exact) mass is 418 g/mol. The third-order valence-corrected chi connectivity index (χ3v) is 4.72. The Hall–Kier alpha value is -3.98. The first kappa shape index (κ1) is 20.3. The molecule has 0 spiro atoms. The predicted molar refractivity (Wildman–Crippen MR) is 115 cm³/mol. The molecule has 0 fully saturated rings. The van der Waals surface area contributed by atoms with Crippen LogP contribution in [0.25, 0.3) is 5.65 Å². The first-order chi connectivity index (χ1) is 15.1. The number of carbonyl (C=O) groups is 1. The van der Waals surface area contributed by atoms with Crippen LogP contribution < -0.4 is 15.5 Å². The standard InChI is InChI=1S/C22H22N6O3/c1-30-19-10-15(9-17(11-19)21(29)27-31-2)3-4-16-13-24-22(25-14-16)26-18-5-7-28-8-6-23-20(28)12-18/h5-14H,3-4H2,1-2H3,(H,27,29)(H,24,25,26). The van der Waals surface area contributed by atoms with E-state index in [9.17, 15) is 4.79 Å². The number of aromatic nitrogens is 4. The van der Waals surface area contributed by atoms with Crippen LogP contribution in [0.15, 0.2) is 61.3 Å². The number of anilines is 2. The Labute approximate surface area is 179 Å². The highest BCUT2D eigenvalue weighted by Crippen LogP contribution is 2.19. The highest BCUT2D eigenvalue weighted by atomic mass is 16.6. The van der Waals surface area contributed by atoms with E-state index in [2.05, 4.69) is 25.7 Å². The van der Waals surface area contributed by atoms with Gasteiger partial charge in [0.25, 0.3) is 5.91 Å². The number of carbonyl (C=O) groups excluding carboxylic acids is 1. The summed E-state index contributed by atoms with van der Waals surface area (Å²) < 4.78 is 7.24. The third-order valence-electron chi connectivity index (χ3n) is 4.72. The summed E-state index contributed by atoms with van der Waals surface area (Å²) in [6, 6.07) is 9.26. The Morgan fingerprint density at radius 2 is 1.81 bits per heavy atom. The molecule has 9 nitrogen and oxygen atoms in total. The number of hydroxylamine groups is 1. The summed E-state index contributed by atoms with van der Waals surface area (Å²) >= 11 is 0. The second-order valence-corrected chi connectivity index (χ2v) is 6.85. The van der Waals surface area contributed by atoms with Crippen molar-refractivity contribution in [3.63, 3.8) is 0 Å². The highest BCUT2D eigenvalue weighted by molar-refractivity contribution is 5.94. The Morgan fingerprint density at radius 3 is 2.58 bits per heavy atom. The lowest BCUT2D eigenvalue weighted by molar-refractivity contribution is 0.0537. The van der Waals surface area contributed by atoms with Crippen LogP contribution in [0.1, 0.15) is 21.5 Å². The third kappa shape index (κ3) is 4.96. The number of hydrogen-bond donors (Lipinski definition) is 2. The molecule has 31 heavy (non-hydrogen) atoms. The number of fused-ring (bicyclic) bond motifs is 1. The molecule has 0 radical (unpaired) electrons. The summed E-state index contributed by atoms with van der Waals surface area (Å²) in [4.78, 5) is 29.8. The van der Waals surface area contributed by atoms with E-state index in [0.29, 0.717) is 23.7 Å². The topological polar surface area (TPSA) is 103 Å². The van der Waals surface area contributed by atoms with Gasteiger partial charge in [-0.1, -0.05) is 0 Å². The maximum atomic E-state index is 12.1. The second-order valence-electron chi connectivity index (χ2n) is 6.85. The molecule has 0 bridgehead atoms. The van der Waals surface area contributed by atoms with Gasteiger partial charge in [-0.05, 0) is 48.2 Å². The number of aryl methyl sites for hydroxylation is 2. The Balaban J connectivity index is 1.41. The second kappa shape index (κ2) is 9.23. The van der Waals surface area contributed by atoms with E-state index in [1.807, 2.05) is 41.1 Å². The van der Waals surface area contributed by atoms with Gasteiger partial charge in [0.1, 0.15) is 11.4 Å². The minimum absolute atomic E-state index is 0.324. The zero-order valence-corrected chi connectivity index (χ0v) is 17.2. The number of nitrogens with one attached hydrogen (secondary N) is 2. The van der Waals surface area contributed by atoms with E-state index >= 15 is 0 Å². The largest absolute Gasteiger partial charge is 0.497 e. The number of benzene rings is 1. The number of hydrogen-bond acceptors (Lipinski definition) is 7. The van der Waals surface area contributed by atoms with Crippen LogP contribution >= 0.6 is 0 Å². The number of amides is 1. The number of methoxy groups -OCH3 is 1. The van der Waals surface area contributed by atoms with Gasteiger partial charge in [0.15, 0.2) is 0 Å². The molecule has 0 saturated heterocycles. The lowest BCUT2D eigenvalue weighted by Gasteiger charge is -2.09. The van der Waals surface area contributed by atoms with Crippen molar-refractivity contribution in [3.8, 4) is 5.75 Å². The van der Waals surface area contributed by atoms with Gasteiger partial charge in [0.05, 0.1) is 14.2 Å². The quantitative estimate of drug-likeness (QED) is 0.424. The predicted octanol–water partition coefficient (Wildman–Crippen LogP) is 2.95. The SMILES string of the molecule is CONC(=O)c1cc(CCc2cnc(Nc3ccn4ccnc4c3)nc2)cc(OC)c1. The summed E-state index contributed by atoms with van der Waals surface area (Å²) in [5.74, 6) is 0.804. The van der Waals surface area contributed by atoms with E-state index in [0.717, 1.165) is 28.9 Å². The van der Waals surface area contributed by atoms with Gasteiger partial charge >= 0.3 is 0 Å². The molecule has 1 amide bonds. The van der Waals surface area contributed by atoms with Crippen molar-refractivity contribution >= 4 is 23.2 Å². The molecule has 0 saturated carbocycles. The fourth-order valence-electron chi connectivity index (χ4n) is 3.16. The van der Waals surface area contributed by atoms with Crippen LogP contribution in [0.4, 0.5) is 11.6 Å². The van der Waals surface area contributed by atoms with Crippen LogP contribution in [0.2, 0.25) is 0 Å². The lowest BCUT2D eigenvalue weighted by Crippen LogP contribution is -2.22. The lowest BCUT2D eigenvalue weighted by atomic mass is 10.0. The zero-order chi connectivity index (χ0) is 21.6. The number of imidazole rings is 1. The van der Waals surface area contributed by atoms with E-state index in [1.165, 1.54) is 7.11 Å². The van der Waals surface area contributed by atoms with E-state index in [1.54, 1.807) is 31.8 Å². The Bertz CT molecular complexity index is 1190. The van der Waals surface area contributed by atoms with Crippen LogP contribution in [-0.4, -0.2) is 39.5 Å². The molecule has 158 valence electrons. The molecule has 4 rings (SSSR count). The van der Waals surface area contributed by atoms with Crippen molar-refractivity contribution in [2.24, 2.45) is 0 Å². The molecular formula is C22H22N6O3. The smallest absolute Gasteiger partial charge is 0.274 e. The summed E-state index contributed by atoms with van der Waals surface area (Å²) in [5, 5.41) is 3.19. The van der Waals surface area contributed by atoms with Crippen molar-refractivity contribution in [1.82, 2.24) is 24.8 Å². The average molecular weight is 418 g/mol. The fourth-order valence-corrected chi connectivity index (χ4v) is 3.16. The highest BCUT2D eigenvalue weighted by Gasteiger charge is 2.10. The van der Waals surface area contributed by atoms with Gasteiger partial charge in [0, 0.05) is 48.3 Å². The summed E-state index contributed by atoms with van der Waals surface area (Å²) in [7, 11) is 2.97. The minimum Gasteiger partial charge on any atom is -0.497 e. The van der Waals surface area contributed by atoms with E-state index in [4.69, 9.17) is 9.57 Å². The molecule has 0 atom stereocenters. The van der Waals surface area contributed by atoms with Crippen molar-refractivity contribution < 1.29 is 14.4 Å². The van der Waals surface area contributed by atoms with Crippen LogP contribution in [0.3, 0.4) is 0 Å². The van der Waals surface area contributed by atoms with Crippen LogP contribution in [0, 0.1) is 0 Å². The molecule has 0 aliphatic heterocycles. The van der Waals surface area contributed by atoms with Crippen LogP contribution in [0.5, 0.6) is 5.75 Å². The molecular weight excluding hydrogens is 396 g/mol. The molecule has 9 heteroatoms. The molecule has 1 aromatic carbocycles. The number of pyridine rings is 1. The van der Waals surface area contributed by atoms with Crippen LogP contribution in [-0.2, 0) is 17.7 Å². The molecule has 3 heterocycles. The normalized spacial score (nSPS) is 10.8. The van der Waals surface area contributed by atoms with Gasteiger partial charge in [-0.3, -0.25) is 9.63 Å². The van der Waals surface area contributed by atoms with E-state index < -0.39 is 0 Å². The van der Waals surface area contributed by atoms with Crippen molar-refractivity contribution in [2.45, 2.75) is 12.8 Å². The molecule has 2 N–H and O–H groups in total. The number of nitrogens with zero attached hydrogens (tertiary/aromatic N) is 4. The average Bonchev–Trinajstić information content (AvgIpc) is 3.26. The summed E-state index contributed by atoms with van der Waals surface area (Å²) in [6.07, 6.45) is 10.6. The molecule has 0 aliphatic carbocycles. The van der Waals surface area contributed by atoms with Crippen molar-refractivity contribution in [2.75, 3.05) is 19.5 Å². The van der Waals surface area contributed by atoms with E-state index in [-0.39, 0.29) is 5.91 Å². The molecule has 0 aliphatic rings. The van der Waals surface area contributed by atoms with Gasteiger partial charge in [-0.15, -0.1) is 0 Å². The van der Waals surface area contributed by atoms with Gasteiger partial charge < -0.3 is 14.5 Å². The fraction of sp³-hybridized carbons (Fsp3) is 0.182. The van der Waals surface area contributed by atoms with Crippen molar-refractivity contribution in [1.29, 1.82) is 0 Å². The van der Waals surface area contributed by atoms with Gasteiger partial charge in [-0.25, -0.2) is 20.4 Å². The van der Waals surface area contributed by atoms with Crippen molar-refractivity contribution in [3.05, 3.63) is 78.0 Å². The summed E-state index contributed by atoms with van der Waals surface area (Å²) in [6.45, 7) is 0. The molecule has 0 unspecified atom stereocenters. The Morgan fingerprint density at radius 1 is 1.00 bits per heavy atom. The molecule has 4 aromatic rings. The van der Waals surface area contributed by atoms with Gasteiger partial charge in [0.2, 0.25) is 5.95 Å². The summed E-state index contributed by atoms with van der Waals surface area (Å²) in [5.41, 5.74) is 6.46. The number of rotatable bonds is 8. The zero-order valence-electron chi connectivity index (χ0n) is 17.2. The minimum atomic E-state index is -0.324. The maximum absolute atomic E-state index is 12.1. The molecule has 3 aromatic heterocycles. The maximum Gasteiger partial charge on any atom is 0.274 e. The Kier molecular flexibility index (Phi) is 6.04. The first-order valence-electron chi connectivity index (χ1n) is 9.66. The van der Waals surface area contributed by atoms with Gasteiger partial charge in [-0.2, -0.15) is 0 Å².